The molecule has 7 amide bonds. The molecule has 2 aromatic rings. The highest BCUT2D eigenvalue weighted by atomic mass is 33.1. The predicted molar refractivity (Wildman–Crippen MR) is 295 cm³/mol. The first-order chi connectivity index (χ1) is 36.2. The molecule has 0 aliphatic carbocycles. The van der Waals surface area contributed by atoms with Crippen LogP contribution in [0.5, 0.6) is 11.5 Å². The average molecular weight is 1080 g/mol. The van der Waals surface area contributed by atoms with Crippen LogP contribution in [-0.4, -0.2) is 145 Å². The maximum absolute atomic E-state index is 14.1. The van der Waals surface area contributed by atoms with Gasteiger partial charge in [-0.1, -0.05) is 112 Å². The van der Waals surface area contributed by atoms with Crippen molar-refractivity contribution in [3.63, 3.8) is 0 Å². The topological polar surface area (TPSA) is 217 Å². The number of hydrogen-bond acceptors (Lipinski definition) is 12. The van der Waals surface area contributed by atoms with Crippen LogP contribution in [0.4, 0.5) is 0 Å². The minimum atomic E-state index is -0.980. The van der Waals surface area contributed by atoms with E-state index in [0.29, 0.717) is 76.0 Å². The number of hydrogen-bond donors (Lipinski definition) is 6. The number of benzene rings is 2. The Hall–Kier alpha value is -5.01. The number of unbranched alkanes of at least 4 members (excludes halogenated alkanes) is 4. The fraction of sp³-hybridized carbons (Fsp3) is 0.661. The summed E-state index contributed by atoms with van der Waals surface area (Å²) in [5, 5.41) is 18.3. The SMILES string of the molecule is CCC(C)[C@@H]1NC(=O)[C@@H](Cc2ccc(OC)cc2)NC(=O)[C@H](CCCCCSSCCCCCC2NC(=O)[C@H]3CCCN3C[C@H](C(C)CC)NC(=O)[C@@H](Cc3ccc(OC)cc3)NC2=O)NC(=O)[C@H]2CCCN2C1=O. The van der Waals surface area contributed by atoms with Crippen LogP contribution in [0.3, 0.4) is 0 Å². The molecule has 0 spiro atoms. The highest BCUT2D eigenvalue weighted by molar-refractivity contribution is 8.76. The maximum Gasteiger partial charge on any atom is 0.246 e. The van der Waals surface area contributed by atoms with Gasteiger partial charge in [0.2, 0.25) is 41.4 Å². The van der Waals surface area contributed by atoms with Gasteiger partial charge in [-0.05, 0) is 105 Å². The van der Waals surface area contributed by atoms with E-state index in [1.807, 2.05) is 50.2 Å². The van der Waals surface area contributed by atoms with Crippen molar-refractivity contribution in [2.75, 3.05) is 45.4 Å². The van der Waals surface area contributed by atoms with Crippen molar-refractivity contribution in [2.45, 2.75) is 179 Å². The zero-order chi connectivity index (χ0) is 53.9. The zero-order valence-corrected chi connectivity index (χ0v) is 46.8. The summed E-state index contributed by atoms with van der Waals surface area (Å²) in [5.41, 5.74) is 1.69. The minimum absolute atomic E-state index is 0.132. The third kappa shape index (κ3) is 17.2. The summed E-state index contributed by atoms with van der Waals surface area (Å²) in [7, 11) is 6.78. The summed E-state index contributed by atoms with van der Waals surface area (Å²) < 4.78 is 10.7. The van der Waals surface area contributed by atoms with Gasteiger partial charge in [-0.3, -0.25) is 38.5 Å². The van der Waals surface area contributed by atoms with E-state index in [1.165, 1.54) is 0 Å². The van der Waals surface area contributed by atoms with Crippen LogP contribution in [0.2, 0.25) is 0 Å². The normalized spacial score (nSPS) is 26.1. The lowest BCUT2D eigenvalue weighted by Crippen LogP contribution is -2.62. The molecule has 17 nitrogen and oxygen atoms in total. The third-order valence-electron chi connectivity index (χ3n) is 15.6. The van der Waals surface area contributed by atoms with E-state index in [-0.39, 0.29) is 59.9 Å². The molecule has 2 aromatic carbocycles. The van der Waals surface area contributed by atoms with Crippen molar-refractivity contribution in [1.82, 2.24) is 41.7 Å². The monoisotopic (exact) mass is 1080 g/mol. The molecule has 4 fully saturated rings. The Morgan fingerprint density at radius 3 is 1.49 bits per heavy atom. The van der Waals surface area contributed by atoms with Crippen molar-refractivity contribution < 1.29 is 43.0 Å². The second kappa shape index (κ2) is 30.1. The van der Waals surface area contributed by atoms with E-state index in [9.17, 15) is 33.6 Å². The number of nitrogens with one attached hydrogen (secondary N) is 6. The molecule has 4 aliphatic rings. The molecule has 0 bridgehead atoms. The predicted octanol–water partition coefficient (Wildman–Crippen LogP) is 5.47. The van der Waals surface area contributed by atoms with Gasteiger partial charge in [0.15, 0.2) is 0 Å². The Morgan fingerprint density at radius 1 is 0.533 bits per heavy atom. The molecule has 19 heteroatoms. The molecule has 10 atom stereocenters. The quantitative estimate of drug-likeness (QED) is 0.0604. The molecule has 4 heterocycles. The van der Waals surface area contributed by atoms with Crippen molar-refractivity contribution in [1.29, 1.82) is 0 Å². The van der Waals surface area contributed by atoms with Gasteiger partial charge in [0, 0.05) is 43.5 Å². The van der Waals surface area contributed by atoms with Crippen LogP contribution < -0.4 is 41.4 Å². The lowest BCUT2D eigenvalue weighted by molar-refractivity contribution is -0.144. The molecular weight excluding hydrogens is 993 g/mol. The average Bonchev–Trinajstić information content (AvgIpc) is 4.11. The molecule has 4 saturated heterocycles. The number of nitrogens with zero attached hydrogens (tertiary/aromatic N) is 2. The van der Waals surface area contributed by atoms with E-state index in [1.54, 1.807) is 52.8 Å². The number of amides is 7. The van der Waals surface area contributed by atoms with E-state index in [4.69, 9.17) is 9.47 Å². The van der Waals surface area contributed by atoms with Gasteiger partial charge in [0.25, 0.3) is 0 Å². The smallest absolute Gasteiger partial charge is 0.246 e. The first-order valence-corrected chi connectivity index (χ1v) is 30.1. The number of methoxy groups -OCH3 is 2. The molecule has 6 N–H and O–H groups in total. The van der Waals surface area contributed by atoms with Gasteiger partial charge in [-0.25, -0.2) is 0 Å². The van der Waals surface area contributed by atoms with E-state index >= 15 is 0 Å². The molecular formula is C56H84N8O9S2. The van der Waals surface area contributed by atoms with Gasteiger partial charge in [-0.2, -0.15) is 0 Å². The van der Waals surface area contributed by atoms with Gasteiger partial charge >= 0.3 is 0 Å². The van der Waals surface area contributed by atoms with Crippen LogP contribution in [-0.2, 0) is 46.4 Å². The maximum atomic E-state index is 14.1. The standard InChI is InChI=1S/C56H84N8O9S2/c1-7-36(3)46-35-63-29-15-19-47(63)54(69)57-42(50(65)59-44(52(67)61-46)33-38-21-25-40(72-5)26-22-38)17-11-9-13-31-74-75-32-14-10-12-18-43-51(66)60-45(34-39-23-27-41(73-6)28-24-39)53(68)62-49(37(4)8-2)56(71)64-30-16-20-48(64)55(70)58-43/h21-28,36-37,42-49H,7-20,29-35H2,1-6H3,(H,57,69)(H,58,70)(H,59,65)(H,60,66)(H,61,67)(H,62,68)/t36?,37?,42?,43-,44+,45+,46+,47+,48+,49-/m0/s1. The van der Waals surface area contributed by atoms with Gasteiger partial charge < -0.3 is 46.3 Å². The molecule has 75 heavy (non-hydrogen) atoms. The van der Waals surface area contributed by atoms with Gasteiger partial charge in [-0.15, -0.1) is 0 Å². The fourth-order valence-electron chi connectivity index (χ4n) is 10.5. The Morgan fingerprint density at radius 2 is 0.987 bits per heavy atom. The summed E-state index contributed by atoms with van der Waals surface area (Å²) in [6, 6.07) is 9.25. The van der Waals surface area contributed by atoms with E-state index < -0.39 is 48.1 Å². The molecule has 0 aromatic heterocycles. The molecule has 0 radical (unpaired) electrons. The summed E-state index contributed by atoms with van der Waals surface area (Å²) in [6.07, 6.45) is 10.5. The van der Waals surface area contributed by atoms with Crippen molar-refractivity contribution in [2.24, 2.45) is 11.8 Å². The fourth-order valence-corrected chi connectivity index (χ4v) is 12.8. The first-order valence-electron chi connectivity index (χ1n) is 27.6. The highest BCUT2D eigenvalue weighted by Gasteiger charge is 2.42. The number of fused-ring (bicyclic) bond motifs is 2. The van der Waals surface area contributed by atoms with E-state index in [2.05, 4.69) is 50.6 Å². The second-order valence-electron chi connectivity index (χ2n) is 20.9. The summed E-state index contributed by atoms with van der Waals surface area (Å²) >= 11 is 0. The number of rotatable bonds is 23. The molecule has 3 unspecified atom stereocenters. The Bertz CT molecular complexity index is 2200. The van der Waals surface area contributed by atoms with Crippen molar-refractivity contribution in [3.05, 3.63) is 59.7 Å². The van der Waals surface area contributed by atoms with Crippen molar-refractivity contribution in [3.8, 4) is 11.5 Å². The Labute approximate surface area is 452 Å². The largest absolute Gasteiger partial charge is 0.497 e. The molecule has 414 valence electrons. The first kappa shape index (κ1) is 59.2. The number of carbonyl (C=O) groups excluding carboxylic acids is 7. The lowest BCUT2D eigenvalue weighted by atomic mass is 9.95. The van der Waals surface area contributed by atoms with Crippen LogP contribution in [0.15, 0.2) is 48.5 Å². The third-order valence-corrected chi connectivity index (χ3v) is 18.2. The lowest BCUT2D eigenvalue weighted by Gasteiger charge is -2.34. The molecule has 4 aliphatic heterocycles. The second-order valence-corrected chi connectivity index (χ2v) is 23.6. The Kier molecular flexibility index (Phi) is 23.7. The molecule has 0 saturated carbocycles. The minimum Gasteiger partial charge on any atom is -0.497 e. The summed E-state index contributed by atoms with van der Waals surface area (Å²) in [5.74, 6) is 0.988. The van der Waals surface area contributed by atoms with Gasteiger partial charge in [0.05, 0.1) is 20.3 Å². The van der Waals surface area contributed by atoms with Crippen LogP contribution in [0.25, 0.3) is 0 Å². The zero-order valence-electron chi connectivity index (χ0n) is 45.1. The van der Waals surface area contributed by atoms with Crippen molar-refractivity contribution >= 4 is 62.9 Å². The van der Waals surface area contributed by atoms with Crippen LogP contribution in [0.1, 0.15) is 129 Å². The summed E-state index contributed by atoms with van der Waals surface area (Å²) in [4.78, 5) is 102. The van der Waals surface area contributed by atoms with Crippen LogP contribution >= 0.6 is 21.6 Å². The Balaban J connectivity index is 0.976. The van der Waals surface area contributed by atoms with Crippen LogP contribution in [0, 0.1) is 11.8 Å². The molecule has 6 rings (SSSR count). The highest BCUT2D eigenvalue weighted by Crippen LogP contribution is 2.27. The summed E-state index contributed by atoms with van der Waals surface area (Å²) in [6.45, 7) is 9.83. The number of ether oxygens (including phenoxy) is 2. The van der Waals surface area contributed by atoms with E-state index in [0.717, 1.165) is 74.1 Å². The van der Waals surface area contributed by atoms with Gasteiger partial charge in [0.1, 0.15) is 47.8 Å². The number of carbonyl (C=O) groups is 7.